The van der Waals surface area contributed by atoms with Gasteiger partial charge in [-0.3, -0.25) is 4.79 Å². The van der Waals surface area contributed by atoms with Crippen LogP contribution >= 0.6 is 11.3 Å². The van der Waals surface area contributed by atoms with Crippen LogP contribution in [0.15, 0.2) is 23.4 Å². The van der Waals surface area contributed by atoms with Crippen molar-refractivity contribution in [3.63, 3.8) is 0 Å². The van der Waals surface area contributed by atoms with Gasteiger partial charge in [-0.1, -0.05) is 0 Å². The number of nitrogens with zero attached hydrogens (tertiary/aromatic N) is 1. The van der Waals surface area contributed by atoms with E-state index in [0.717, 1.165) is 11.3 Å². The molecular weight excluding hydrogens is 448 g/mol. The largest absolute Gasteiger partial charge is 0.444 e. The quantitative estimate of drug-likeness (QED) is 0.318. The zero-order valence-corrected chi connectivity index (χ0v) is 20.1. The molecule has 0 aliphatic carbocycles. The van der Waals surface area contributed by atoms with Gasteiger partial charge in [0.25, 0.3) is 0 Å². The van der Waals surface area contributed by atoms with Gasteiger partial charge in [-0.25, -0.2) is 14.6 Å². The SMILES string of the molecule is CC(=O)Nc1cc(NCCCNC(=O)OC(C)(C)C)ccc1C(=O)Nc1[nH+]c(C)c(N=O)s1. The number of nitrogens with one attached hydrogen (secondary N) is 5. The van der Waals surface area contributed by atoms with Crippen LogP contribution in [0.25, 0.3) is 0 Å². The van der Waals surface area contributed by atoms with Crippen LogP contribution in [0.3, 0.4) is 0 Å². The molecule has 1 aromatic carbocycles. The summed E-state index contributed by atoms with van der Waals surface area (Å²) in [6, 6.07) is 4.95. The minimum atomic E-state index is -0.551. The Morgan fingerprint density at radius 3 is 2.48 bits per heavy atom. The Bertz CT molecular complexity index is 1030. The fourth-order valence-corrected chi connectivity index (χ4v) is 3.49. The van der Waals surface area contributed by atoms with Gasteiger partial charge in [-0.05, 0) is 61.9 Å². The average molecular weight is 478 g/mol. The summed E-state index contributed by atoms with van der Waals surface area (Å²) >= 11 is 1.02. The monoisotopic (exact) mass is 477 g/mol. The lowest BCUT2D eigenvalue weighted by atomic mass is 10.1. The molecule has 0 aliphatic rings. The highest BCUT2D eigenvalue weighted by molar-refractivity contribution is 7.19. The molecule has 12 heteroatoms. The minimum absolute atomic E-state index is 0.244. The highest BCUT2D eigenvalue weighted by Crippen LogP contribution is 2.28. The minimum Gasteiger partial charge on any atom is -0.444 e. The fourth-order valence-electron chi connectivity index (χ4n) is 2.71. The molecule has 0 bridgehead atoms. The molecule has 1 heterocycles. The summed E-state index contributed by atoms with van der Waals surface area (Å²) in [5.41, 5.74) is 1.28. The van der Waals surface area contributed by atoms with E-state index < -0.39 is 17.6 Å². The van der Waals surface area contributed by atoms with E-state index in [-0.39, 0.29) is 16.5 Å². The maximum absolute atomic E-state index is 12.7. The van der Waals surface area contributed by atoms with Gasteiger partial charge in [0.1, 0.15) is 11.3 Å². The van der Waals surface area contributed by atoms with Gasteiger partial charge < -0.3 is 20.7 Å². The lowest BCUT2D eigenvalue weighted by Gasteiger charge is -2.19. The van der Waals surface area contributed by atoms with Crippen molar-refractivity contribution in [1.29, 1.82) is 0 Å². The van der Waals surface area contributed by atoms with Gasteiger partial charge in [-0.15, -0.1) is 4.91 Å². The Morgan fingerprint density at radius 1 is 1.15 bits per heavy atom. The van der Waals surface area contributed by atoms with E-state index in [4.69, 9.17) is 4.74 Å². The number of carbonyl (C=O) groups is 3. The number of aryl methyl sites for hydroxylation is 1. The number of nitroso groups, excluding NO2 is 1. The third-order valence-electron chi connectivity index (χ3n) is 4.06. The van der Waals surface area contributed by atoms with Crippen LogP contribution < -0.4 is 26.3 Å². The van der Waals surface area contributed by atoms with E-state index in [9.17, 15) is 19.3 Å². The number of amides is 3. The lowest BCUT2D eigenvalue weighted by Crippen LogP contribution is -2.33. The summed E-state index contributed by atoms with van der Waals surface area (Å²) in [5, 5.41) is 14.7. The number of hydrogen-bond donors (Lipinski definition) is 4. The van der Waals surface area contributed by atoms with Crippen LogP contribution in [0.1, 0.15) is 50.2 Å². The van der Waals surface area contributed by atoms with Crippen molar-refractivity contribution in [2.45, 2.75) is 46.6 Å². The fraction of sp³-hybridized carbons (Fsp3) is 0.429. The van der Waals surface area contributed by atoms with Crippen molar-refractivity contribution >= 4 is 50.8 Å². The second kappa shape index (κ2) is 11.4. The number of H-pyrrole nitrogens is 1. The molecule has 178 valence electrons. The van der Waals surface area contributed by atoms with Crippen LogP contribution in [-0.2, 0) is 9.53 Å². The van der Waals surface area contributed by atoms with Crippen molar-refractivity contribution < 1.29 is 24.1 Å². The highest BCUT2D eigenvalue weighted by Gasteiger charge is 2.22. The second-order valence-corrected chi connectivity index (χ2v) is 9.18. The van der Waals surface area contributed by atoms with Crippen molar-refractivity contribution in [2.24, 2.45) is 5.18 Å². The summed E-state index contributed by atoms with van der Waals surface area (Å²) in [6.45, 7) is 9.39. The van der Waals surface area contributed by atoms with Crippen molar-refractivity contribution in [3.8, 4) is 0 Å². The molecule has 0 saturated heterocycles. The first-order valence-electron chi connectivity index (χ1n) is 10.3. The second-order valence-electron chi connectivity index (χ2n) is 8.18. The Labute approximate surface area is 195 Å². The Hall–Kier alpha value is -3.54. The van der Waals surface area contributed by atoms with Crippen molar-refractivity contribution in [2.75, 3.05) is 29.0 Å². The van der Waals surface area contributed by atoms with Gasteiger partial charge in [0.05, 0.1) is 11.3 Å². The van der Waals surface area contributed by atoms with Crippen molar-refractivity contribution in [1.82, 2.24) is 5.32 Å². The van der Waals surface area contributed by atoms with Gasteiger partial charge in [0.15, 0.2) is 0 Å². The molecule has 0 spiro atoms. The molecule has 0 atom stereocenters. The Morgan fingerprint density at radius 2 is 1.88 bits per heavy atom. The van der Waals surface area contributed by atoms with Gasteiger partial charge >= 0.3 is 17.1 Å². The van der Waals surface area contributed by atoms with E-state index in [0.29, 0.717) is 41.7 Å². The number of alkyl carbamates (subject to hydrolysis) is 1. The Balaban J connectivity index is 1.98. The molecule has 0 saturated carbocycles. The Kier molecular flexibility index (Phi) is 8.85. The molecule has 5 N–H and O–H groups in total. The number of ether oxygens (including phenoxy) is 1. The number of aromatic nitrogens is 1. The molecule has 0 aliphatic heterocycles. The molecule has 3 amide bonds. The normalized spacial score (nSPS) is 10.8. The zero-order chi connectivity index (χ0) is 24.6. The summed E-state index contributed by atoms with van der Waals surface area (Å²) in [5.74, 6) is -0.782. The van der Waals surface area contributed by atoms with Crippen LogP contribution in [0.4, 0.5) is 26.3 Å². The van der Waals surface area contributed by atoms with Crippen LogP contribution in [0.5, 0.6) is 0 Å². The molecule has 2 rings (SSSR count). The van der Waals surface area contributed by atoms with E-state index in [2.05, 4.69) is 31.4 Å². The maximum Gasteiger partial charge on any atom is 0.407 e. The van der Waals surface area contributed by atoms with E-state index in [1.165, 1.54) is 6.92 Å². The van der Waals surface area contributed by atoms with Crippen LogP contribution in [-0.4, -0.2) is 36.6 Å². The number of hydrogen-bond acceptors (Lipinski definition) is 8. The molecule has 11 nitrogen and oxygen atoms in total. The third kappa shape index (κ3) is 8.48. The van der Waals surface area contributed by atoms with Gasteiger partial charge in [0.2, 0.25) is 10.9 Å². The van der Waals surface area contributed by atoms with E-state index in [1.807, 2.05) is 0 Å². The van der Waals surface area contributed by atoms with Crippen molar-refractivity contribution in [3.05, 3.63) is 34.4 Å². The number of benzene rings is 1. The topological polar surface area (TPSA) is 152 Å². The number of aromatic amines is 1. The highest BCUT2D eigenvalue weighted by atomic mass is 32.1. The molecule has 33 heavy (non-hydrogen) atoms. The summed E-state index contributed by atoms with van der Waals surface area (Å²) in [7, 11) is 0. The molecular formula is C21H29N6O5S+. The first kappa shape index (κ1) is 25.7. The van der Waals surface area contributed by atoms with Crippen LogP contribution in [0.2, 0.25) is 0 Å². The smallest absolute Gasteiger partial charge is 0.407 e. The maximum atomic E-state index is 12.7. The number of thiazole rings is 1. The zero-order valence-electron chi connectivity index (χ0n) is 19.3. The van der Waals surface area contributed by atoms with E-state index in [1.54, 1.807) is 45.9 Å². The summed E-state index contributed by atoms with van der Waals surface area (Å²) in [4.78, 5) is 49.7. The number of anilines is 3. The number of rotatable bonds is 9. The standard InChI is InChI=1S/C21H28N6O5S/c1-12-18(27-31)33-19(24-12)26-17(29)15-8-7-14(11-16(15)25-13(2)28)22-9-6-10-23-20(30)32-21(3,4)5/h7-8,11,22H,6,9-10H2,1-5H3,(H,23,30)(H,25,28)(H,24,26,29)/p+1. The molecule has 2 aromatic rings. The summed E-state index contributed by atoms with van der Waals surface area (Å²) < 4.78 is 5.18. The van der Waals surface area contributed by atoms with Gasteiger partial charge in [0, 0.05) is 32.6 Å². The first-order chi connectivity index (χ1) is 15.5. The molecule has 1 aromatic heterocycles. The first-order valence-corrected chi connectivity index (χ1v) is 11.1. The summed E-state index contributed by atoms with van der Waals surface area (Å²) in [6.07, 6.45) is 0.164. The number of carbonyl (C=O) groups excluding carboxylic acids is 3. The lowest BCUT2D eigenvalue weighted by molar-refractivity contribution is -0.363. The predicted octanol–water partition coefficient (Wildman–Crippen LogP) is 3.81. The van der Waals surface area contributed by atoms with E-state index >= 15 is 0 Å². The third-order valence-corrected chi connectivity index (χ3v) is 5.04. The van der Waals surface area contributed by atoms with Gasteiger partial charge in [-0.2, -0.15) is 5.32 Å². The van der Waals surface area contributed by atoms with Crippen LogP contribution in [0, 0.1) is 11.8 Å². The predicted molar refractivity (Wildman–Crippen MR) is 127 cm³/mol. The average Bonchev–Trinajstić information content (AvgIpc) is 3.05. The molecule has 0 unspecified atom stereocenters. The molecule has 0 radical (unpaired) electrons. The molecule has 0 fully saturated rings.